The largest absolute Gasteiger partial charge is 0.394 e. The fraction of sp³-hybridized carbons (Fsp3) is 0.900. The number of carbonyl (C=O) groups is 1. The highest BCUT2D eigenvalue weighted by molar-refractivity contribution is 5.78. The minimum Gasteiger partial charge on any atom is -0.394 e. The minimum atomic E-state index is 0.0342. The van der Waals surface area contributed by atoms with Crippen molar-refractivity contribution in [3.63, 3.8) is 0 Å². The highest BCUT2D eigenvalue weighted by Crippen LogP contribution is 2.36. The molecule has 14 heavy (non-hydrogen) atoms. The van der Waals surface area contributed by atoms with E-state index in [1.54, 1.807) is 0 Å². The maximum absolute atomic E-state index is 11.4. The molecule has 4 heteroatoms. The molecule has 0 aliphatic heterocycles. The van der Waals surface area contributed by atoms with Crippen molar-refractivity contribution in [3.05, 3.63) is 0 Å². The fourth-order valence-electron chi connectivity index (χ4n) is 1.38. The van der Waals surface area contributed by atoms with Gasteiger partial charge in [-0.25, -0.2) is 0 Å². The summed E-state index contributed by atoms with van der Waals surface area (Å²) in [6.07, 6.45) is 2.38. The van der Waals surface area contributed by atoms with Crippen LogP contribution in [0.1, 0.15) is 19.8 Å². The Morgan fingerprint density at radius 3 is 2.86 bits per heavy atom. The fourth-order valence-corrected chi connectivity index (χ4v) is 1.38. The van der Waals surface area contributed by atoms with E-state index in [0.29, 0.717) is 25.7 Å². The number of aliphatic hydroxyl groups is 1. The molecule has 0 aromatic rings. The second-order valence-corrected chi connectivity index (χ2v) is 3.75. The van der Waals surface area contributed by atoms with Crippen LogP contribution in [0.4, 0.5) is 0 Å². The molecule has 1 unspecified atom stereocenters. The number of nitrogens with one attached hydrogen (secondary N) is 1. The van der Waals surface area contributed by atoms with Crippen molar-refractivity contribution in [2.75, 3.05) is 26.4 Å². The third kappa shape index (κ3) is 4.07. The number of hydrogen-bond acceptors (Lipinski definition) is 3. The summed E-state index contributed by atoms with van der Waals surface area (Å²) in [5, 5.41) is 11.2. The van der Waals surface area contributed by atoms with Gasteiger partial charge >= 0.3 is 0 Å². The van der Waals surface area contributed by atoms with Crippen molar-refractivity contribution in [3.8, 4) is 0 Å². The third-order valence-corrected chi connectivity index (χ3v) is 2.52. The zero-order valence-corrected chi connectivity index (χ0v) is 8.66. The van der Waals surface area contributed by atoms with E-state index in [9.17, 15) is 4.79 Å². The second-order valence-electron chi connectivity index (χ2n) is 3.75. The molecule has 0 spiro atoms. The zero-order chi connectivity index (χ0) is 10.4. The summed E-state index contributed by atoms with van der Waals surface area (Å²) in [5.41, 5.74) is 0. The van der Waals surface area contributed by atoms with Gasteiger partial charge in [-0.3, -0.25) is 4.79 Å². The van der Waals surface area contributed by atoms with Gasteiger partial charge in [0, 0.05) is 12.5 Å². The molecule has 1 fully saturated rings. The van der Waals surface area contributed by atoms with Crippen LogP contribution in [0.2, 0.25) is 0 Å². The molecule has 1 atom stereocenters. The van der Waals surface area contributed by atoms with E-state index in [-0.39, 0.29) is 18.4 Å². The molecular formula is C10H19NO3. The number of amides is 1. The Hall–Kier alpha value is -0.610. The number of ether oxygens (including phenoxy) is 1. The molecule has 82 valence electrons. The first-order valence-corrected chi connectivity index (χ1v) is 5.22. The number of rotatable bonds is 7. The molecule has 2 N–H and O–H groups in total. The van der Waals surface area contributed by atoms with Crippen molar-refractivity contribution in [2.45, 2.75) is 19.8 Å². The average Bonchev–Trinajstić information content (AvgIpc) is 2.99. The van der Waals surface area contributed by atoms with E-state index >= 15 is 0 Å². The lowest BCUT2D eigenvalue weighted by Gasteiger charge is -2.10. The highest BCUT2D eigenvalue weighted by Gasteiger charge is 2.32. The van der Waals surface area contributed by atoms with Gasteiger partial charge in [-0.15, -0.1) is 0 Å². The van der Waals surface area contributed by atoms with Crippen LogP contribution in [0.25, 0.3) is 0 Å². The summed E-state index contributed by atoms with van der Waals surface area (Å²) in [5.74, 6) is 0.876. The van der Waals surface area contributed by atoms with Gasteiger partial charge in [-0.1, -0.05) is 6.92 Å². The van der Waals surface area contributed by atoms with Crippen LogP contribution in [-0.2, 0) is 9.53 Å². The van der Waals surface area contributed by atoms with Crippen LogP contribution in [0.5, 0.6) is 0 Å². The lowest BCUT2D eigenvalue weighted by atomic mass is 10.1. The molecule has 0 aromatic carbocycles. The van der Waals surface area contributed by atoms with E-state index in [0.717, 1.165) is 0 Å². The second kappa shape index (κ2) is 5.98. The van der Waals surface area contributed by atoms with Crippen LogP contribution < -0.4 is 5.32 Å². The van der Waals surface area contributed by atoms with Crippen molar-refractivity contribution >= 4 is 5.91 Å². The molecule has 1 rings (SSSR count). The first-order valence-electron chi connectivity index (χ1n) is 5.22. The summed E-state index contributed by atoms with van der Waals surface area (Å²) >= 11 is 0. The number of carbonyl (C=O) groups excluding carboxylic acids is 1. The normalized spacial score (nSPS) is 17.9. The summed E-state index contributed by atoms with van der Waals surface area (Å²) in [6.45, 7) is 3.36. The molecule has 1 saturated carbocycles. The van der Waals surface area contributed by atoms with Gasteiger partial charge in [-0.05, 0) is 18.8 Å². The Balaban J connectivity index is 1.97. The summed E-state index contributed by atoms with van der Waals surface area (Å²) in [6, 6.07) is 0. The quantitative estimate of drug-likeness (QED) is 0.577. The Morgan fingerprint density at radius 2 is 2.29 bits per heavy atom. The standard InChI is InChI=1S/C10H19NO3/c1-8(9-2-3-9)10(13)11-4-6-14-7-5-12/h8-9,12H,2-7H2,1H3,(H,11,13). The topological polar surface area (TPSA) is 58.6 Å². The molecule has 1 aliphatic carbocycles. The van der Waals surface area contributed by atoms with E-state index in [2.05, 4.69) is 5.32 Å². The molecule has 4 nitrogen and oxygen atoms in total. The molecule has 1 amide bonds. The van der Waals surface area contributed by atoms with E-state index in [4.69, 9.17) is 9.84 Å². The van der Waals surface area contributed by atoms with Crippen LogP contribution in [0.15, 0.2) is 0 Å². The molecule has 0 aromatic heterocycles. The highest BCUT2D eigenvalue weighted by atomic mass is 16.5. The molecule has 0 radical (unpaired) electrons. The predicted molar refractivity (Wildman–Crippen MR) is 52.8 cm³/mol. The first-order chi connectivity index (χ1) is 6.75. The average molecular weight is 201 g/mol. The molecule has 0 heterocycles. The van der Waals surface area contributed by atoms with Crippen LogP contribution in [-0.4, -0.2) is 37.4 Å². The van der Waals surface area contributed by atoms with Gasteiger partial charge < -0.3 is 15.2 Å². The summed E-state index contributed by atoms with van der Waals surface area (Å²) in [4.78, 5) is 11.4. The van der Waals surface area contributed by atoms with Crippen molar-refractivity contribution in [2.24, 2.45) is 11.8 Å². The van der Waals surface area contributed by atoms with E-state index in [1.165, 1.54) is 12.8 Å². The molecule has 0 saturated heterocycles. The zero-order valence-electron chi connectivity index (χ0n) is 8.66. The lowest BCUT2D eigenvalue weighted by molar-refractivity contribution is -0.125. The smallest absolute Gasteiger partial charge is 0.223 e. The van der Waals surface area contributed by atoms with Crippen LogP contribution >= 0.6 is 0 Å². The van der Waals surface area contributed by atoms with Gasteiger partial charge in [0.1, 0.15) is 0 Å². The van der Waals surface area contributed by atoms with Gasteiger partial charge in [0.15, 0.2) is 0 Å². The third-order valence-electron chi connectivity index (χ3n) is 2.52. The summed E-state index contributed by atoms with van der Waals surface area (Å²) in [7, 11) is 0. The first kappa shape index (κ1) is 11.5. The Kier molecular flexibility index (Phi) is 4.90. The van der Waals surface area contributed by atoms with Crippen molar-refractivity contribution in [1.82, 2.24) is 5.32 Å². The lowest BCUT2D eigenvalue weighted by Crippen LogP contribution is -2.32. The van der Waals surface area contributed by atoms with Crippen molar-refractivity contribution < 1.29 is 14.6 Å². The Bertz CT molecular complexity index is 180. The van der Waals surface area contributed by atoms with E-state index in [1.807, 2.05) is 6.92 Å². The van der Waals surface area contributed by atoms with Gasteiger partial charge in [-0.2, -0.15) is 0 Å². The SMILES string of the molecule is CC(C(=O)NCCOCCO)C1CC1. The molecule has 0 bridgehead atoms. The molecular weight excluding hydrogens is 182 g/mol. The van der Waals surface area contributed by atoms with Gasteiger partial charge in [0.05, 0.1) is 19.8 Å². The monoisotopic (exact) mass is 201 g/mol. The summed E-state index contributed by atoms with van der Waals surface area (Å²) < 4.78 is 5.02. The van der Waals surface area contributed by atoms with Crippen molar-refractivity contribution in [1.29, 1.82) is 0 Å². The van der Waals surface area contributed by atoms with Gasteiger partial charge in [0.2, 0.25) is 5.91 Å². The number of hydrogen-bond donors (Lipinski definition) is 2. The maximum atomic E-state index is 11.4. The predicted octanol–water partition coefficient (Wildman–Crippen LogP) is 0.158. The molecule has 1 aliphatic rings. The van der Waals surface area contributed by atoms with Gasteiger partial charge in [0.25, 0.3) is 0 Å². The Labute approximate surface area is 84.6 Å². The number of aliphatic hydroxyl groups excluding tert-OH is 1. The van der Waals surface area contributed by atoms with Crippen LogP contribution in [0.3, 0.4) is 0 Å². The Morgan fingerprint density at radius 1 is 1.57 bits per heavy atom. The maximum Gasteiger partial charge on any atom is 0.223 e. The minimum absolute atomic E-state index is 0.0342. The van der Waals surface area contributed by atoms with E-state index < -0.39 is 0 Å². The van der Waals surface area contributed by atoms with Crippen LogP contribution in [0, 0.1) is 11.8 Å².